The highest BCUT2D eigenvalue weighted by Gasteiger charge is 2.73. The number of amides is 1. The molecule has 7 nitrogen and oxygen atoms in total. The number of likely N-dealkylation sites (tertiary alicyclic amines) is 1. The molecule has 3 aliphatic carbocycles. The highest BCUT2D eigenvalue weighted by atomic mass is 16.6. The number of ether oxygens (including phenoxy) is 2. The summed E-state index contributed by atoms with van der Waals surface area (Å²) in [5, 5.41) is 23.2. The van der Waals surface area contributed by atoms with E-state index in [-0.39, 0.29) is 23.9 Å². The van der Waals surface area contributed by atoms with E-state index in [0.29, 0.717) is 25.2 Å². The second-order valence-electron chi connectivity index (χ2n) is 11.0. The summed E-state index contributed by atoms with van der Waals surface area (Å²) >= 11 is 0. The molecule has 5 atom stereocenters. The molecule has 0 unspecified atom stereocenters. The number of carbonyl (C=O) groups excluding carboxylic acids is 1. The Hall–Kier alpha value is -1.99. The second kappa shape index (κ2) is 7.51. The molecule has 0 radical (unpaired) electrons. The SMILES string of the molecule is CCCCOC(=O)N(C)[C@@H]1CC[C@@]2(O)[C@@H]3Cc4ccc(O)c5c4[C@@]2(CCN3CC2CC2)[C@H]1O5. The monoisotopic (exact) mass is 456 g/mol. The van der Waals surface area contributed by atoms with Crippen LogP contribution in [0.25, 0.3) is 0 Å². The number of carbonyl (C=O) groups is 1. The van der Waals surface area contributed by atoms with Gasteiger partial charge in [-0.3, -0.25) is 4.90 Å². The maximum absolute atomic E-state index is 12.9. The zero-order chi connectivity index (χ0) is 23.0. The van der Waals surface area contributed by atoms with Crippen molar-refractivity contribution in [2.45, 2.75) is 87.5 Å². The van der Waals surface area contributed by atoms with Crippen molar-refractivity contribution in [2.75, 3.05) is 26.7 Å². The van der Waals surface area contributed by atoms with Crippen molar-refractivity contribution < 1.29 is 24.5 Å². The lowest BCUT2D eigenvalue weighted by molar-refractivity contribution is -0.198. The maximum atomic E-state index is 12.9. The molecule has 1 aromatic carbocycles. The van der Waals surface area contributed by atoms with Gasteiger partial charge in [0.05, 0.1) is 23.7 Å². The average molecular weight is 457 g/mol. The fourth-order valence-corrected chi connectivity index (χ4v) is 7.39. The predicted octanol–water partition coefficient (Wildman–Crippen LogP) is 3.19. The van der Waals surface area contributed by atoms with Gasteiger partial charge in [-0.1, -0.05) is 19.4 Å². The first kappa shape index (κ1) is 21.5. The molecule has 5 aliphatic rings. The van der Waals surface area contributed by atoms with Gasteiger partial charge in [-0.2, -0.15) is 0 Å². The second-order valence-corrected chi connectivity index (χ2v) is 11.0. The molecule has 2 saturated carbocycles. The van der Waals surface area contributed by atoms with E-state index in [1.807, 2.05) is 6.07 Å². The van der Waals surface area contributed by atoms with Crippen LogP contribution in [0.1, 0.15) is 63.0 Å². The average Bonchev–Trinajstić information content (AvgIpc) is 3.54. The zero-order valence-electron chi connectivity index (χ0n) is 19.8. The molecule has 2 bridgehead atoms. The molecular weight excluding hydrogens is 420 g/mol. The molecule has 1 amide bonds. The first-order valence-corrected chi connectivity index (χ1v) is 12.8. The fraction of sp³-hybridized carbons (Fsp3) is 0.731. The highest BCUT2D eigenvalue weighted by Crippen LogP contribution is 2.66. The Morgan fingerprint density at radius 1 is 1.30 bits per heavy atom. The Morgan fingerprint density at radius 2 is 2.12 bits per heavy atom. The van der Waals surface area contributed by atoms with E-state index >= 15 is 0 Å². The number of likely N-dealkylation sites (N-methyl/N-ethyl adjacent to an activating group) is 1. The summed E-state index contributed by atoms with van der Waals surface area (Å²) in [5.74, 6) is 1.41. The Morgan fingerprint density at radius 3 is 2.88 bits per heavy atom. The van der Waals surface area contributed by atoms with Gasteiger partial charge in [-0.25, -0.2) is 4.79 Å². The number of phenols is 1. The number of nitrogens with zero attached hydrogens (tertiary/aromatic N) is 2. The molecule has 180 valence electrons. The standard InChI is InChI=1S/C26H36N2O5/c1-3-4-13-32-24(30)27(2)18-9-10-26(31)20-14-17-7-8-19(29)22-21(17)25(26,23(18)33-22)11-12-28(20)15-16-5-6-16/h7-8,16,18,20,23,29,31H,3-6,9-15H2,1-2H3/t18-,20+,23+,25+,26-/m1/s1. The van der Waals surface area contributed by atoms with E-state index in [9.17, 15) is 15.0 Å². The van der Waals surface area contributed by atoms with Gasteiger partial charge in [0.15, 0.2) is 11.5 Å². The van der Waals surface area contributed by atoms with E-state index in [1.54, 1.807) is 18.0 Å². The molecule has 2 N–H and O–H groups in total. The lowest BCUT2D eigenvalue weighted by Gasteiger charge is -2.64. The molecule has 0 aromatic heterocycles. The van der Waals surface area contributed by atoms with E-state index in [1.165, 1.54) is 18.4 Å². The van der Waals surface area contributed by atoms with Gasteiger partial charge in [0.2, 0.25) is 0 Å². The van der Waals surface area contributed by atoms with E-state index in [2.05, 4.69) is 11.8 Å². The largest absolute Gasteiger partial charge is 0.504 e. The molecular formula is C26H36N2O5. The first-order valence-electron chi connectivity index (χ1n) is 12.8. The molecule has 7 heteroatoms. The minimum Gasteiger partial charge on any atom is -0.504 e. The summed E-state index contributed by atoms with van der Waals surface area (Å²) in [5.41, 5.74) is 0.629. The Kier molecular flexibility index (Phi) is 4.90. The predicted molar refractivity (Wildman–Crippen MR) is 123 cm³/mol. The third kappa shape index (κ3) is 2.91. The van der Waals surface area contributed by atoms with E-state index in [0.717, 1.165) is 50.3 Å². The van der Waals surface area contributed by atoms with Gasteiger partial charge >= 0.3 is 6.09 Å². The number of aromatic hydroxyl groups is 1. The van der Waals surface area contributed by atoms with Crippen LogP contribution in [-0.2, 0) is 16.6 Å². The van der Waals surface area contributed by atoms with Gasteiger partial charge in [0.25, 0.3) is 0 Å². The van der Waals surface area contributed by atoms with E-state index in [4.69, 9.17) is 9.47 Å². The Bertz CT molecular complexity index is 964. The quantitative estimate of drug-likeness (QED) is 0.640. The van der Waals surface area contributed by atoms with Crippen molar-refractivity contribution in [3.63, 3.8) is 0 Å². The summed E-state index contributed by atoms with van der Waals surface area (Å²) < 4.78 is 12.1. The van der Waals surface area contributed by atoms with E-state index < -0.39 is 17.1 Å². The van der Waals surface area contributed by atoms with Crippen LogP contribution in [0.3, 0.4) is 0 Å². The number of aliphatic hydroxyl groups is 1. The topological polar surface area (TPSA) is 82.5 Å². The van der Waals surface area contributed by atoms with Gasteiger partial charge in [-0.05, 0) is 69.0 Å². The fourth-order valence-electron chi connectivity index (χ4n) is 7.39. The molecule has 6 rings (SSSR count). The molecule has 2 aliphatic heterocycles. The normalized spacial score (nSPS) is 36.2. The van der Waals surface area contributed by atoms with Gasteiger partial charge in [-0.15, -0.1) is 0 Å². The third-order valence-electron chi connectivity index (χ3n) is 9.24. The highest BCUT2D eigenvalue weighted by molar-refractivity contribution is 5.69. The van der Waals surface area contributed by atoms with Gasteiger partial charge < -0.3 is 24.6 Å². The number of rotatable bonds is 6. The molecule has 3 fully saturated rings. The summed E-state index contributed by atoms with van der Waals surface area (Å²) in [6.45, 7) is 4.45. The lowest BCUT2D eigenvalue weighted by atomic mass is 9.48. The maximum Gasteiger partial charge on any atom is 0.409 e. The van der Waals surface area contributed by atoms with Crippen LogP contribution in [-0.4, -0.2) is 76.6 Å². The van der Waals surface area contributed by atoms with Crippen molar-refractivity contribution >= 4 is 6.09 Å². The lowest BCUT2D eigenvalue weighted by Crippen LogP contribution is -2.78. The number of phenolic OH excluding ortho intramolecular Hbond substituents is 1. The Labute approximate surface area is 195 Å². The smallest absolute Gasteiger partial charge is 0.409 e. The number of hydrogen-bond donors (Lipinski definition) is 2. The van der Waals surface area contributed by atoms with Crippen LogP contribution >= 0.6 is 0 Å². The van der Waals surface area contributed by atoms with Crippen molar-refractivity contribution in [3.05, 3.63) is 23.3 Å². The number of benzene rings is 1. The van der Waals surface area contributed by atoms with Crippen molar-refractivity contribution in [1.29, 1.82) is 0 Å². The molecule has 1 aromatic rings. The molecule has 2 heterocycles. The molecule has 33 heavy (non-hydrogen) atoms. The third-order valence-corrected chi connectivity index (χ3v) is 9.24. The summed E-state index contributed by atoms with van der Waals surface area (Å²) in [6.07, 6.45) is 6.49. The number of hydrogen-bond acceptors (Lipinski definition) is 6. The summed E-state index contributed by atoms with van der Waals surface area (Å²) in [6, 6.07) is 3.57. The molecule has 1 saturated heterocycles. The zero-order valence-corrected chi connectivity index (χ0v) is 19.8. The first-order chi connectivity index (χ1) is 15.9. The van der Waals surface area contributed by atoms with Crippen LogP contribution in [0.5, 0.6) is 11.5 Å². The van der Waals surface area contributed by atoms with Crippen molar-refractivity contribution in [2.24, 2.45) is 5.92 Å². The van der Waals surface area contributed by atoms with Crippen molar-refractivity contribution in [3.8, 4) is 11.5 Å². The summed E-state index contributed by atoms with van der Waals surface area (Å²) in [4.78, 5) is 17.1. The van der Waals surface area contributed by atoms with Crippen LogP contribution in [0.15, 0.2) is 12.1 Å². The molecule has 1 spiro atoms. The minimum absolute atomic E-state index is 0.0451. The summed E-state index contributed by atoms with van der Waals surface area (Å²) in [7, 11) is 1.79. The van der Waals surface area contributed by atoms with Crippen LogP contribution in [0, 0.1) is 5.92 Å². The number of unbranched alkanes of at least 4 members (excludes halogenated alkanes) is 1. The Balaban J connectivity index is 1.39. The van der Waals surface area contributed by atoms with Crippen LogP contribution in [0.4, 0.5) is 4.79 Å². The van der Waals surface area contributed by atoms with Crippen LogP contribution < -0.4 is 4.74 Å². The van der Waals surface area contributed by atoms with Gasteiger partial charge in [0, 0.05) is 25.2 Å². The number of piperidine rings is 1. The van der Waals surface area contributed by atoms with Crippen molar-refractivity contribution in [1.82, 2.24) is 9.80 Å². The van der Waals surface area contributed by atoms with Crippen LogP contribution in [0.2, 0.25) is 0 Å². The minimum atomic E-state index is -0.930. The van der Waals surface area contributed by atoms with Gasteiger partial charge in [0.1, 0.15) is 6.10 Å².